The molecule has 3 aliphatic heterocycles. The van der Waals surface area contributed by atoms with Crippen LogP contribution in [0.3, 0.4) is 0 Å². The molecule has 3 aromatic rings. The first-order valence-electron chi connectivity index (χ1n) is 10.6. The average molecular weight is 449 g/mol. The number of fused-ring (bicyclic) bond motifs is 7. The van der Waals surface area contributed by atoms with Crippen LogP contribution < -0.4 is 9.05 Å². The van der Waals surface area contributed by atoms with Crippen molar-refractivity contribution in [3.05, 3.63) is 81.7 Å². The Morgan fingerprint density at radius 1 is 1.03 bits per heavy atom. The number of carbonyl (C=O) groups excluding carboxylic acids is 2. The molecule has 1 aliphatic carbocycles. The number of phosphoric acid groups is 1. The van der Waals surface area contributed by atoms with Gasteiger partial charge in [0.25, 0.3) is 0 Å². The fourth-order valence-corrected chi connectivity index (χ4v) is 6.29. The first-order valence-corrected chi connectivity index (χ1v) is 12.1. The highest BCUT2D eigenvalue weighted by atomic mass is 31.2. The quantitative estimate of drug-likeness (QED) is 0.406. The molecule has 2 unspecified atom stereocenters. The van der Waals surface area contributed by atoms with Crippen LogP contribution in [0.1, 0.15) is 74.8 Å². The molecular formula is C24H20NO6P. The molecule has 0 saturated carbocycles. The van der Waals surface area contributed by atoms with Crippen molar-refractivity contribution >= 4 is 19.4 Å². The monoisotopic (exact) mass is 449 g/mol. The van der Waals surface area contributed by atoms with Crippen molar-refractivity contribution in [1.82, 2.24) is 4.57 Å². The van der Waals surface area contributed by atoms with Crippen molar-refractivity contribution in [3.63, 3.8) is 0 Å². The third-order valence-electron chi connectivity index (χ3n) is 6.32. The van der Waals surface area contributed by atoms with E-state index in [0.29, 0.717) is 24.1 Å². The lowest BCUT2D eigenvalue weighted by molar-refractivity contribution is 0.0977. The first kappa shape index (κ1) is 19.5. The molecular weight excluding hydrogens is 429 g/mol. The highest BCUT2D eigenvalue weighted by Crippen LogP contribution is 2.57. The van der Waals surface area contributed by atoms with Crippen LogP contribution in [-0.4, -0.2) is 22.7 Å². The van der Waals surface area contributed by atoms with E-state index in [1.807, 2.05) is 30.5 Å². The Kier molecular flexibility index (Phi) is 4.07. The molecule has 1 aromatic heterocycles. The minimum atomic E-state index is -3.99. The second kappa shape index (κ2) is 6.67. The van der Waals surface area contributed by atoms with Crippen LogP contribution in [-0.2, 0) is 15.6 Å². The fraction of sp³-hybridized carbons (Fsp3) is 0.250. The molecule has 2 aromatic carbocycles. The Hall–Kier alpha value is -3.15. The molecule has 4 heterocycles. The van der Waals surface area contributed by atoms with E-state index in [2.05, 4.69) is 12.1 Å². The lowest BCUT2D eigenvalue weighted by Crippen LogP contribution is -2.23. The Labute approximate surface area is 184 Å². The van der Waals surface area contributed by atoms with Crippen molar-refractivity contribution in [2.75, 3.05) is 6.61 Å². The van der Waals surface area contributed by atoms with Crippen molar-refractivity contribution < 1.29 is 27.7 Å². The van der Waals surface area contributed by atoms with Crippen molar-refractivity contribution in [2.45, 2.75) is 32.7 Å². The summed E-state index contributed by atoms with van der Waals surface area (Å²) in [6.07, 6.45) is 2.36. The molecule has 0 radical (unpaired) electrons. The molecule has 32 heavy (non-hydrogen) atoms. The number of hydrogen-bond donors (Lipinski definition) is 0. The molecule has 2 atom stereocenters. The average Bonchev–Trinajstić information content (AvgIpc) is 3.02. The van der Waals surface area contributed by atoms with Crippen LogP contribution in [0.25, 0.3) is 0 Å². The number of carbonyl (C=O) groups is 2. The molecule has 0 N–H and O–H groups in total. The van der Waals surface area contributed by atoms with Gasteiger partial charge < -0.3 is 13.6 Å². The number of aromatic nitrogens is 1. The van der Waals surface area contributed by atoms with Gasteiger partial charge in [-0.1, -0.05) is 38.1 Å². The van der Waals surface area contributed by atoms with Crippen LogP contribution in [0, 0.1) is 0 Å². The molecule has 0 saturated heterocycles. The zero-order valence-corrected chi connectivity index (χ0v) is 18.5. The fourth-order valence-electron chi connectivity index (χ4n) is 4.95. The maximum absolute atomic E-state index is 13.8. The summed E-state index contributed by atoms with van der Waals surface area (Å²) in [4.78, 5) is 27.4. The number of phosphoric ester groups is 1. The van der Waals surface area contributed by atoms with Gasteiger partial charge in [-0.15, -0.1) is 0 Å². The van der Waals surface area contributed by atoms with Crippen LogP contribution >= 0.6 is 7.82 Å². The van der Waals surface area contributed by atoms with E-state index in [0.717, 1.165) is 11.3 Å². The minimum Gasteiger partial charge on any atom is -0.394 e. The predicted molar refractivity (Wildman–Crippen MR) is 116 cm³/mol. The van der Waals surface area contributed by atoms with Gasteiger partial charge >= 0.3 is 7.82 Å². The van der Waals surface area contributed by atoms with Crippen LogP contribution in [0.4, 0.5) is 0 Å². The van der Waals surface area contributed by atoms with E-state index in [1.165, 1.54) is 17.7 Å². The van der Waals surface area contributed by atoms with Crippen molar-refractivity contribution in [3.8, 4) is 11.5 Å². The molecule has 0 fully saturated rings. The summed E-state index contributed by atoms with van der Waals surface area (Å²) in [5, 5.41) is 0. The summed E-state index contributed by atoms with van der Waals surface area (Å²) in [7, 11) is -3.99. The Balaban J connectivity index is 1.52. The highest BCUT2D eigenvalue weighted by molar-refractivity contribution is 7.49. The number of rotatable bonds is 3. The lowest BCUT2D eigenvalue weighted by Gasteiger charge is -2.27. The summed E-state index contributed by atoms with van der Waals surface area (Å²) < 4.78 is 31.5. The van der Waals surface area contributed by atoms with Gasteiger partial charge in [0.2, 0.25) is 0 Å². The van der Waals surface area contributed by atoms with Gasteiger partial charge in [-0.3, -0.25) is 14.1 Å². The molecule has 4 aliphatic rings. The number of hydrogen-bond acceptors (Lipinski definition) is 6. The summed E-state index contributed by atoms with van der Waals surface area (Å²) in [5.74, 6) is -0.621. The summed E-state index contributed by atoms with van der Waals surface area (Å²) in [5.41, 5.74) is 4.03. The predicted octanol–water partition coefficient (Wildman–Crippen LogP) is 5.08. The van der Waals surface area contributed by atoms with Gasteiger partial charge in [-0.2, -0.15) is 0 Å². The summed E-state index contributed by atoms with van der Waals surface area (Å²) >= 11 is 0. The first-order chi connectivity index (χ1) is 15.4. The normalized spacial score (nSPS) is 22.2. The lowest BCUT2D eigenvalue weighted by atomic mass is 9.80. The molecule has 7 rings (SSSR count). The van der Waals surface area contributed by atoms with E-state index >= 15 is 0 Å². The van der Waals surface area contributed by atoms with Gasteiger partial charge in [0.05, 0.1) is 28.9 Å². The Morgan fingerprint density at radius 3 is 2.44 bits per heavy atom. The van der Waals surface area contributed by atoms with Gasteiger partial charge in [0.15, 0.2) is 11.6 Å². The zero-order chi connectivity index (χ0) is 22.2. The molecule has 8 heteroatoms. The van der Waals surface area contributed by atoms with Gasteiger partial charge in [0, 0.05) is 24.4 Å². The second-order valence-corrected chi connectivity index (χ2v) is 9.80. The Bertz CT molecular complexity index is 1390. The van der Waals surface area contributed by atoms with Gasteiger partial charge in [-0.25, -0.2) is 4.57 Å². The topological polar surface area (TPSA) is 83.8 Å². The van der Waals surface area contributed by atoms with Crippen molar-refractivity contribution in [1.29, 1.82) is 0 Å². The van der Waals surface area contributed by atoms with Gasteiger partial charge in [0.1, 0.15) is 11.5 Å². The summed E-state index contributed by atoms with van der Waals surface area (Å²) in [6.45, 7) is 4.66. The third-order valence-corrected chi connectivity index (χ3v) is 7.66. The van der Waals surface area contributed by atoms with E-state index in [4.69, 9.17) is 13.6 Å². The van der Waals surface area contributed by atoms with Crippen LogP contribution in [0.2, 0.25) is 0 Å². The maximum atomic E-state index is 13.8. The second-order valence-electron chi connectivity index (χ2n) is 8.28. The zero-order valence-electron chi connectivity index (χ0n) is 17.6. The van der Waals surface area contributed by atoms with Crippen LogP contribution in [0.15, 0.2) is 42.6 Å². The standard InChI is InChI=1S/C24H20NO6P/c1-3-10-29-32(28)30-17-8-9-18(31-32)21-20(17)23(26)16-12-25-11-14-6-4-5-7-15(14)13(2)22(25)19(16)24(21)27/h4-9,12-13H,3,10-11H2,1-2H3. The van der Waals surface area contributed by atoms with E-state index < -0.39 is 7.82 Å². The van der Waals surface area contributed by atoms with E-state index in [9.17, 15) is 14.2 Å². The smallest absolute Gasteiger partial charge is 0.394 e. The number of nitrogens with zero attached hydrogens (tertiary/aromatic N) is 1. The summed E-state index contributed by atoms with van der Waals surface area (Å²) in [6, 6.07) is 11.1. The molecule has 0 amide bonds. The van der Waals surface area contributed by atoms with Crippen LogP contribution in [0.5, 0.6) is 11.5 Å². The highest BCUT2D eigenvalue weighted by Gasteiger charge is 2.46. The maximum Gasteiger partial charge on any atom is 0.587 e. The molecule has 162 valence electrons. The number of benzene rings is 2. The minimum absolute atomic E-state index is 0.0465. The van der Waals surface area contributed by atoms with Crippen molar-refractivity contribution in [2.24, 2.45) is 0 Å². The largest absolute Gasteiger partial charge is 0.587 e. The van der Waals surface area contributed by atoms with E-state index in [-0.39, 0.29) is 46.7 Å². The molecule has 2 bridgehead atoms. The van der Waals surface area contributed by atoms with E-state index in [1.54, 1.807) is 6.20 Å². The SMILES string of the molecule is CCCOP1(=O)Oc2ccc(c3c2C(=O)c2cn4c(c2C3=O)C(C)c2ccccc2C4)O1. The molecule has 7 nitrogen and oxygen atoms in total. The third kappa shape index (κ3) is 2.55. The Morgan fingerprint density at radius 2 is 1.72 bits per heavy atom. The number of ketones is 2. The van der Waals surface area contributed by atoms with Gasteiger partial charge in [-0.05, 0) is 29.7 Å². The molecule has 0 spiro atoms.